The second-order valence-electron chi connectivity index (χ2n) is 4.93. The Balaban J connectivity index is 2.67. The number of allylic oxidation sites excluding steroid dienone is 2. The first-order valence-electron chi connectivity index (χ1n) is 5.43. The maximum Gasteiger partial charge on any atom is 0.0919 e. The lowest BCUT2D eigenvalue weighted by molar-refractivity contribution is 0.221. The fourth-order valence-corrected chi connectivity index (χ4v) is 2.15. The minimum Gasteiger partial charge on any atom is -0.512 e. The molecule has 0 saturated heterocycles. The SMILES string of the molecule is CC(C)C1C=C(O)C(C(C)C)CC1. The van der Waals surface area contributed by atoms with Crippen LogP contribution in [0.2, 0.25) is 0 Å². The topological polar surface area (TPSA) is 20.2 Å². The zero-order chi connectivity index (χ0) is 10.0. The second-order valence-corrected chi connectivity index (χ2v) is 4.93. The Morgan fingerprint density at radius 2 is 1.77 bits per heavy atom. The van der Waals surface area contributed by atoms with E-state index in [4.69, 9.17) is 0 Å². The van der Waals surface area contributed by atoms with Crippen LogP contribution in [0.5, 0.6) is 0 Å². The maximum absolute atomic E-state index is 9.82. The van der Waals surface area contributed by atoms with Gasteiger partial charge in [-0.3, -0.25) is 0 Å². The molecule has 0 aliphatic heterocycles. The largest absolute Gasteiger partial charge is 0.512 e. The van der Waals surface area contributed by atoms with Crippen LogP contribution in [-0.4, -0.2) is 5.11 Å². The van der Waals surface area contributed by atoms with Crippen molar-refractivity contribution in [3.8, 4) is 0 Å². The number of aliphatic hydroxyl groups excluding tert-OH is 1. The number of rotatable bonds is 2. The Kier molecular flexibility index (Phi) is 3.40. The molecule has 1 aliphatic carbocycles. The van der Waals surface area contributed by atoms with Crippen LogP contribution in [0, 0.1) is 23.7 Å². The molecule has 1 aliphatic rings. The summed E-state index contributed by atoms with van der Waals surface area (Å²) in [6.45, 7) is 8.82. The van der Waals surface area contributed by atoms with Crippen molar-refractivity contribution in [3.05, 3.63) is 11.8 Å². The van der Waals surface area contributed by atoms with E-state index >= 15 is 0 Å². The van der Waals surface area contributed by atoms with Gasteiger partial charge in [0, 0.05) is 5.92 Å². The molecule has 1 heteroatoms. The van der Waals surface area contributed by atoms with Gasteiger partial charge in [-0.1, -0.05) is 27.7 Å². The third kappa shape index (κ3) is 2.49. The minimum atomic E-state index is 0.412. The van der Waals surface area contributed by atoms with Crippen LogP contribution in [0.25, 0.3) is 0 Å². The summed E-state index contributed by atoms with van der Waals surface area (Å²) in [7, 11) is 0. The van der Waals surface area contributed by atoms with E-state index in [2.05, 4.69) is 33.8 Å². The second kappa shape index (κ2) is 4.17. The van der Waals surface area contributed by atoms with Crippen molar-refractivity contribution in [1.82, 2.24) is 0 Å². The van der Waals surface area contributed by atoms with Crippen molar-refractivity contribution in [2.24, 2.45) is 23.7 Å². The molecule has 0 saturated carbocycles. The fourth-order valence-electron chi connectivity index (χ4n) is 2.15. The van der Waals surface area contributed by atoms with Crippen LogP contribution in [0.15, 0.2) is 11.8 Å². The highest BCUT2D eigenvalue weighted by molar-refractivity contribution is 5.06. The van der Waals surface area contributed by atoms with Crippen LogP contribution in [0.3, 0.4) is 0 Å². The molecule has 0 bridgehead atoms. The molecule has 2 unspecified atom stereocenters. The third-order valence-corrected chi connectivity index (χ3v) is 3.24. The first-order chi connectivity index (χ1) is 6.02. The summed E-state index contributed by atoms with van der Waals surface area (Å²) in [4.78, 5) is 0. The number of hydrogen-bond acceptors (Lipinski definition) is 1. The predicted octanol–water partition coefficient (Wildman–Crippen LogP) is 3.77. The van der Waals surface area contributed by atoms with E-state index in [1.165, 1.54) is 6.42 Å². The van der Waals surface area contributed by atoms with Crippen molar-refractivity contribution in [2.75, 3.05) is 0 Å². The predicted molar refractivity (Wildman–Crippen MR) is 56.6 cm³/mol. The van der Waals surface area contributed by atoms with E-state index in [0.29, 0.717) is 29.4 Å². The first-order valence-corrected chi connectivity index (χ1v) is 5.43. The number of aliphatic hydroxyl groups is 1. The zero-order valence-corrected chi connectivity index (χ0v) is 9.25. The maximum atomic E-state index is 9.82. The van der Waals surface area contributed by atoms with Gasteiger partial charge in [0.05, 0.1) is 5.76 Å². The number of hydrogen-bond donors (Lipinski definition) is 1. The van der Waals surface area contributed by atoms with E-state index in [1.807, 2.05) is 0 Å². The minimum absolute atomic E-state index is 0.412. The lowest BCUT2D eigenvalue weighted by Gasteiger charge is -2.29. The van der Waals surface area contributed by atoms with Crippen LogP contribution in [-0.2, 0) is 0 Å². The fraction of sp³-hybridized carbons (Fsp3) is 0.833. The van der Waals surface area contributed by atoms with Crippen LogP contribution >= 0.6 is 0 Å². The van der Waals surface area contributed by atoms with Gasteiger partial charge in [-0.2, -0.15) is 0 Å². The van der Waals surface area contributed by atoms with E-state index in [-0.39, 0.29) is 0 Å². The Labute approximate surface area is 81.9 Å². The smallest absolute Gasteiger partial charge is 0.0919 e. The summed E-state index contributed by atoms with van der Waals surface area (Å²) in [6, 6.07) is 0. The van der Waals surface area contributed by atoms with Gasteiger partial charge < -0.3 is 5.11 Å². The molecular formula is C12H22O. The van der Waals surface area contributed by atoms with Gasteiger partial charge in [0.1, 0.15) is 0 Å². The van der Waals surface area contributed by atoms with Gasteiger partial charge in [-0.15, -0.1) is 0 Å². The highest BCUT2D eigenvalue weighted by Gasteiger charge is 2.26. The summed E-state index contributed by atoms with van der Waals surface area (Å²) in [5.74, 6) is 2.88. The van der Waals surface area contributed by atoms with Gasteiger partial charge in [0.2, 0.25) is 0 Å². The Morgan fingerprint density at radius 1 is 1.15 bits per heavy atom. The van der Waals surface area contributed by atoms with Crippen molar-refractivity contribution < 1.29 is 5.11 Å². The molecule has 2 atom stereocenters. The molecule has 0 heterocycles. The first kappa shape index (κ1) is 10.6. The highest BCUT2D eigenvalue weighted by Crippen LogP contribution is 2.34. The highest BCUT2D eigenvalue weighted by atomic mass is 16.3. The average molecular weight is 182 g/mol. The monoisotopic (exact) mass is 182 g/mol. The van der Waals surface area contributed by atoms with Crippen LogP contribution < -0.4 is 0 Å². The Bertz CT molecular complexity index is 191. The van der Waals surface area contributed by atoms with Gasteiger partial charge >= 0.3 is 0 Å². The van der Waals surface area contributed by atoms with Crippen molar-refractivity contribution >= 4 is 0 Å². The Hall–Kier alpha value is -0.460. The molecule has 0 radical (unpaired) electrons. The van der Waals surface area contributed by atoms with E-state index in [9.17, 15) is 5.11 Å². The molecular weight excluding hydrogens is 160 g/mol. The molecule has 0 fully saturated rings. The summed E-state index contributed by atoms with van der Waals surface area (Å²) >= 11 is 0. The van der Waals surface area contributed by atoms with Crippen molar-refractivity contribution in [2.45, 2.75) is 40.5 Å². The molecule has 1 nitrogen and oxygen atoms in total. The molecule has 0 spiro atoms. The van der Waals surface area contributed by atoms with Gasteiger partial charge in [-0.05, 0) is 36.7 Å². The average Bonchev–Trinajstić information content (AvgIpc) is 2.03. The molecule has 0 aromatic carbocycles. The van der Waals surface area contributed by atoms with Gasteiger partial charge in [-0.25, -0.2) is 0 Å². The quantitative estimate of drug-likeness (QED) is 0.689. The third-order valence-electron chi connectivity index (χ3n) is 3.24. The normalized spacial score (nSPS) is 29.5. The van der Waals surface area contributed by atoms with Crippen molar-refractivity contribution in [3.63, 3.8) is 0 Å². The molecule has 0 aromatic rings. The summed E-state index contributed by atoms with van der Waals surface area (Å²) in [5.41, 5.74) is 0. The molecule has 13 heavy (non-hydrogen) atoms. The van der Waals surface area contributed by atoms with E-state index in [0.717, 1.165) is 6.42 Å². The molecule has 76 valence electrons. The molecule has 0 amide bonds. The van der Waals surface area contributed by atoms with E-state index in [1.54, 1.807) is 0 Å². The summed E-state index contributed by atoms with van der Waals surface area (Å²) in [6.07, 6.45) is 4.48. The van der Waals surface area contributed by atoms with Crippen LogP contribution in [0.4, 0.5) is 0 Å². The van der Waals surface area contributed by atoms with E-state index < -0.39 is 0 Å². The Morgan fingerprint density at radius 3 is 2.15 bits per heavy atom. The molecule has 0 aromatic heterocycles. The zero-order valence-electron chi connectivity index (χ0n) is 9.25. The van der Waals surface area contributed by atoms with Gasteiger partial charge in [0.25, 0.3) is 0 Å². The summed E-state index contributed by atoms with van der Waals surface area (Å²) in [5, 5.41) is 9.82. The van der Waals surface area contributed by atoms with Gasteiger partial charge in [0.15, 0.2) is 0 Å². The molecule has 1 rings (SSSR count). The van der Waals surface area contributed by atoms with Crippen LogP contribution in [0.1, 0.15) is 40.5 Å². The standard InChI is InChI=1S/C12H22O/c1-8(2)10-5-6-11(9(3)4)12(13)7-10/h7-11,13H,5-6H2,1-4H3. The molecule has 1 N–H and O–H groups in total. The summed E-state index contributed by atoms with van der Waals surface area (Å²) < 4.78 is 0. The lowest BCUT2D eigenvalue weighted by Crippen LogP contribution is -2.21. The lowest BCUT2D eigenvalue weighted by atomic mass is 9.77. The van der Waals surface area contributed by atoms with Crippen molar-refractivity contribution in [1.29, 1.82) is 0 Å².